The van der Waals surface area contributed by atoms with Crippen LogP contribution in [0.15, 0.2) is 74.7 Å². The standard InChI is InChI=1S/C24H20Br2N2O6/c1-32-21-4-2-3-17(23(21)34-13-15-5-7-16(8-6-15)24(30)31)12-27-28-22(29)14-33-20-10-9-18(25)11-19(20)26/h2-12H,13-14H2,1H3,(H,28,29)(H,30,31)/b27-12+. The number of carbonyl (C=O) groups excluding carboxylic acids is 1. The number of halogens is 2. The van der Waals surface area contributed by atoms with Gasteiger partial charge in [0.2, 0.25) is 0 Å². The largest absolute Gasteiger partial charge is 0.493 e. The fourth-order valence-electron chi connectivity index (χ4n) is 2.79. The molecule has 0 unspecified atom stereocenters. The van der Waals surface area contributed by atoms with Crippen LogP contribution in [0.25, 0.3) is 0 Å². The Labute approximate surface area is 212 Å². The third kappa shape index (κ3) is 7.06. The van der Waals surface area contributed by atoms with Crippen LogP contribution in [-0.4, -0.2) is 36.9 Å². The van der Waals surface area contributed by atoms with Gasteiger partial charge in [0.1, 0.15) is 12.4 Å². The number of carboxylic acids is 1. The number of nitrogens with zero attached hydrogens (tertiary/aromatic N) is 1. The Morgan fingerprint density at radius 1 is 1.03 bits per heavy atom. The number of hydrogen-bond acceptors (Lipinski definition) is 6. The van der Waals surface area contributed by atoms with Crippen molar-refractivity contribution in [3.8, 4) is 17.2 Å². The molecule has 0 aliphatic heterocycles. The normalized spacial score (nSPS) is 10.7. The van der Waals surface area contributed by atoms with Gasteiger partial charge in [-0.3, -0.25) is 4.79 Å². The first-order chi connectivity index (χ1) is 16.4. The van der Waals surface area contributed by atoms with Crippen molar-refractivity contribution in [3.63, 3.8) is 0 Å². The van der Waals surface area contributed by atoms with Crippen molar-refractivity contribution in [2.75, 3.05) is 13.7 Å². The molecule has 0 atom stereocenters. The number of para-hydroxylation sites is 1. The van der Waals surface area contributed by atoms with Crippen LogP contribution in [0.2, 0.25) is 0 Å². The molecule has 10 heteroatoms. The number of carbonyl (C=O) groups is 2. The van der Waals surface area contributed by atoms with Crippen molar-refractivity contribution in [1.29, 1.82) is 0 Å². The van der Waals surface area contributed by atoms with Gasteiger partial charge in [-0.2, -0.15) is 5.10 Å². The molecule has 3 aromatic rings. The van der Waals surface area contributed by atoms with E-state index in [0.29, 0.717) is 27.3 Å². The molecule has 1 amide bonds. The highest BCUT2D eigenvalue weighted by atomic mass is 79.9. The number of aromatic carboxylic acids is 1. The van der Waals surface area contributed by atoms with Gasteiger partial charge in [-0.05, 0) is 64.0 Å². The Morgan fingerprint density at radius 2 is 1.79 bits per heavy atom. The lowest BCUT2D eigenvalue weighted by atomic mass is 10.1. The summed E-state index contributed by atoms with van der Waals surface area (Å²) in [5.41, 5.74) is 3.97. The Balaban J connectivity index is 1.62. The van der Waals surface area contributed by atoms with Gasteiger partial charge < -0.3 is 19.3 Å². The van der Waals surface area contributed by atoms with Gasteiger partial charge in [0.25, 0.3) is 5.91 Å². The zero-order valence-corrected chi connectivity index (χ0v) is 21.1. The monoisotopic (exact) mass is 590 g/mol. The second-order valence-electron chi connectivity index (χ2n) is 6.83. The van der Waals surface area contributed by atoms with E-state index < -0.39 is 11.9 Å². The van der Waals surface area contributed by atoms with Crippen LogP contribution < -0.4 is 19.6 Å². The van der Waals surface area contributed by atoms with Crippen molar-refractivity contribution < 1.29 is 28.9 Å². The molecule has 0 bridgehead atoms. The molecule has 0 aliphatic rings. The van der Waals surface area contributed by atoms with Crippen LogP contribution in [-0.2, 0) is 11.4 Å². The highest BCUT2D eigenvalue weighted by Crippen LogP contribution is 2.31. The highest BCUT2D eigenvalue weighted by molar-refractivity contribution is 9.11. The first kappa shape index (κ1) is 25.3. The van der Waals surface area contributed by atoms with E-state index in [4.69, 9.17) is 19.3 Å². The first-order valence-corrected chi connectivity index (χ1v) is 11.5. The minimum absolute atomic E-state index is 0.184. The second-order valence-corrected chi connectivity index (χ2v) is 8.60. The number of hydrazone groups is 1. The smallest absolute Gasteiger partial charge is 0.335 e. The zero-order chi connectivity index (χ0) is 24.5. The summed E-state index contributed by atoms with van der Waals surface area (Å²) in [5, 5.41) is 13.0. The van der Waals surface area contributed by atoms with Gasteiger partial charge in [-0.25, -0.2) is 10.2 Å². The van der Waals surface area contributed by atoms with Crippen LogP contribution >= 0.6 is 31.9 Å². The summed E-state index contributed by atoms with van der Waals surface area (Å²) in [6.07, 6.45) is 1.44. The summed E-state index contributed by atoms with van der Waals surface area (Å²) < 4.78 is 18.4. The van der Waals surface area contributed by atoms with E-state index in [0.717, 1.165) is 10.0 Å². The number of amides is 1. The fraction of sp³-hybridized carbons (Fsp3) is 0.125. The summed E-state index contributed by atoms with van der Waals surface area (Å²) in [4.78, 5) is 23.1. The Hall–Kier alpha value is -3.37. The van der Waals surface area contributed by atoms with Crippen LogP contribution in [0.1, 0.15) is 21.5 Å². The Bertz CT molecular complexity index is 1200. The molecule has 34 heavy (non-hydrogen) atoms. The van der Waals surface area contributed by atoms with E-state index in [1.54, 1.807) is 42.5 Å². The van der Waals surface area contributed by atoms with Crippen molar-refractivity contribution in [2.45, 2.75) is 6.61 Å². The van der Waals surface area contributed by atoms with Crippen molar-refractivity contribution in [2.24, 2.45) is 5.10 Å². The second kappa shape index (κ2) is 12.2. The van der Waals surface area contributed by atoms with E-state index in [-0.39, 0.29) is 18.8 Å². The third-order valence-corrected chi connectivity index (χ3v) is 5.57. The fourth-order valence-corrected chi connectivity index (χ4v) is 3.95. The minimum atomic E-state index is -0.993. The van der Waals surface area contributed by atoms with E-state index in [1.807, 2.05) is 6.07 Å². The number of ether oxygens (including phenoxy) is 3. The van der Waals surface area contributed by atoms with Gasteiger partial charge >= 0.3 is 5.97 Å². The van der Waals surface area contributed by atoms with Crippen molar-refractivity contribution >= 4 is 50.0 Å². The van der Waals surface area contributed by atoms with E-state index in [9.17, 15) is 9.59 Å². The van der Waals surface area contributed by atoms with Gasteiger partial charge in [-0.15, -0.1) is 0 Å². The molecule has 3 rings (SSSR count). The minimum Gasteiger partial charge on any atom is -0.493 e. The van der Waals surface area contributed by atoms with Crippen LogP contribution in [0, 0.1) is 0 Å². The number of benzene rings is 3. The molecule has 0 aliphatic carbocycles. The third-order valence-electron chi connectivity index (χ3n) is 4.46. The maximum Gasteiger partial charge on any atom is 0.335 e. The zero-order valence-electron chi connectivity index (χ0n) is 18.0. The predicted octanol–water partition coefficient (Wildman–Crippen LogP) is 5.03. The number of nitrogens with one attached hydrogen (secondary N) is 1. The summed E-state index contributed by atoms with van der Waals surface area (Å²) in [6.45, 7) is -0.0330. The molecular formula is C24H20Br2N2O6. The van der Waals surface area contributed by atoms with Gasteiger partial charge in [0, 0.05) is 10.0 Å². The molecule has 2 N–H and O–H groups in total. The summed E-state index contributed by atoms with van der Waals surface area (Å²) in [5.74, 6) is 0.0194. The molecule has 0 heterocycles. The van der Waals surface area contributed by atoms with Crippen molar-refractivity contribution in [1.82, 2.24) is 5.43 Å². The average molecular weight is 592 g/mol. The van der Waals surface area contributed by atoms with Gasteiger partial charge in [0.15, 0.2) is 18.1 Å². The summed E-state index contributed by atoms with van der Waals surface area (Å²) in [6, 6.07) is 17.0. The molecular weight excluding hydrogens is 572 g/mol. The topological polar surface area (TPSA) is 106 Å². The molecule has 0 saturated carbocycles. The molecule has 0 fully saturated rings. The number of carboxylic acid groups (broad SMARTS) is 1. The molecule has 3 aromatic carbocycles. The maximum atomic E-state index is 12.1. The maximum absolute atomic E-state index is 12.1. The predicted molar refractivity (Wildman–Crippen MR) is 134 cm³/mol. The molecule has 8 nitrogen and oxygen atoms in total. The quantitative estimate of drug-likeness (QED) is 0.253. The SMILES string of the molecule is COc1cccc(/C=N/NC(=O)COc2ccc(Br)cc2Br)c1OCc1ccc(C(=O)O)cc1. The lowest BCUT2D eigenvalue weighted by molar-refractivity contribution is -0.123. The van der Waals surface area contributed by atoms with Gasteiger partial charge in [0.05, 0.1) is 23.4 Å². The lowest BCUT2D eigenvalue weighted by Gasteiger charge is -2.13. The summed E-state index contributed by atoms with van der Waals surface area (Å²) in [7, 11) is 1.52. The van der Waals surface area contributed by atoms with Crippen LogP contribution in [0.5, 0.6) is 17.2 Å². The molecule has 0 aromatic heterocycles. The number of rotatable bonds is 10. The van der Waals surface area contributed by atoms with Crippen LogP contribution in [0.4, 0.5) is 0 Å². The van der Waals surface area contributed by atoms with Crippen molar-refractivity contribution in [3.05, 3.63) is 86.3 Å². The van der Waals surface area contributed by atoms with E-state index in [2.05, 4.69) is 42.4 Å². The van der Waals surface area contributed by atoms with Gasteiger partial charge in [-0.1, -0.05) is 34.1 Å². The lowest BCUT2D eigenvalue weighted by Crippen LogP contribution is -2.24. The molecule has 0 saturated heterocycles. The molecule has 0 radical (unpaired) electrons. The van der Waals surface area contributed by atoms with Crippen LogP contribution in [0.3, 0.4) is 0 Å². The molecule has 0 spiro atoms. The molecule has 176 valence electrons. The highest BCUT2D eigenvalue weighted by Gasteiger charge is 2.11. The van der Waals surface area contributed by atoms with E-state index in [1.165, 1.54) is 25.5 Å². The number of hydrogen-bond donors (Lipinski definition) is 2. The Morgan fingerprint density at radius 3 is 2.47 bits per heavy atom. The summed E-state index contributed by atoms with van der Waals surface area (Å²) >= 11 is 6.73. The average Bonchev–Trinajstić information content (AvgIpc) is 2.82. The number of methoxy groups -OCH3 is 1. The van der Waals surface area contributed by atoms with E-state index >= 15 is 0 Å². The first-order valence-electron chi connectivity index (χ1n) is 9.89. The Kier molecular flexibility index (Phi) is 9.06.